The lowest BCUT2D eigenvalue weighted by Gasteiger charge is -2.42. The van der Waals surface area contributed by atoms with Gasteiger partial charge in [-0.1, -0.05) is 19.9 Å². The van der Waals surface area contributed by atoms with E-state index in [1.54, 1.807) is 31.0 Å². The standard InChI is InChI=1S/C26H28F4N4O3/c1-15(2)21(33-22(35)17-13-16(26(28,29)30)6-7-19(17)27)23(36)34-11-8-25(9-12-34)18(14-32-24(25)37)20-5-3-4-10-31-20/h3-7,10,13,15,18,21H,8-9,11-12,14H2,1-2H3,(H,32,37)(H,33,35)/t18?,21-/m1/s1. The quantitative estimate of drug-likeness (QED) is 0.591. The Morgan fingerprint density at radius 1 is 1.16 bits per heavy atom. The average molecular weight is 521 g/mol. The van der Waals surface area contributed by atoms with Crippen molar-refractivity contribution in [2.45, 2.75) is 44.8 Å². The average Bonchev–Trinajstić information content (AvgIpc) is 3.17. The van der Waals surface area contributed by atoms with Crippen molar-refractivity contribution < 1.29 is 31.9 Å². The van der Waals surface area contributed by atoms with Crippen LogP contribution in [-0.2, 0) is 15.8 Å². The summed E-state index contributed by atoms with van der Waals surface area (Å²) < 4.78 is 53.4. The maximum absolute atomic E-state index is 14.2. The molecule has 1 aromatic carbocycles. The van der Waals surface area contributed by atoms with Crippen molar-refractivity contribution in [3.63, 3.8) is 0 Å². The Bertz CT molecular complexity index is 1180. The number of likely N-dealkylation sites (tertiary alicyclic amines) is 1. The van der Waals surface area contributed by atoms with Crippen molar-refractivity contribution in [1.82, 2.24) is 20.5 Å². The van der Waals surface area contributed by atoms with Gasteiger partial charge in [0.1, 0.15) is 11.9 Å². The second-order valence-corrected chi connectivity index (χ2v) is 9.89. The van der Waals surface area contributed by atoms with Crippen LogP contribution in [0.3, 0.4) is 0 Å². The number of alkyl halides is 3. The first-order valence-corrected chi connectivity index (χ1v) is 12.1. The summed E-state index contributed by atoms with van der Waals surface area (Å²) in [5.41, 5.74) is -1.85. The fraction of sp³-hybridized carbons (Fsp3) is 0.462. The molecule has 0 radical (unpaired) electrons. The van der Waals surface area contributed by atoms with Gasteiger partial charge in [-0.3, -0.25) is 19.4 Å². The summed E-state index contributed by atoms with van der Waals surface area (Å²) in [5, 5.41) is 5.35. The lowest BCUT2D eigenvalue weighted by Crippen LogP contribution is -2.55. The van der Waals surface area contributed by atoms with Crippen molar-refractivity contribution in [2.75, 3.05) is 19.6 Å². The van der Waals surface area contributed by atoms with Crippen LogP contribution >= 0.6 is 0 Å². The van der Waals surface area contributed by atoms with Gasteiger partial charge in [-0.05, 0) is 49.1 Å². The van der Waals surface area contributed by atoms with E-state index < -0.39 is 52.3 Å². The molecule has 4 rings (SSSR count). The SMILES string of the molecule is CC(C)[C@@H](NC(=O)c1cc(C(F)(F)F)ccc1F)C(=O)N1CCC2(CC1)C(=O)NCC2c1ccccn1. The van der Waals surface area contributed by atoms with E-state index in [2.05, 4.69) is 15.6 Å². The van der Waals surface area contributed by atoms with E-state index in [0.717, 1.165) is 5.69 Å². The highest BCUT2D eigenvalue weighted by Gasteiger charge is 2.53. The number of pyridine rings is 1. The van der Waals surface area contributed by atoms with Crippen molar-refractivity contribution >= 4 is 17.7 Å². The summed E-state index contributed by atoms with van der Waals surface area (Å²) in [4.78, 5) is 45.0. The molecule has 1 unspecified atom stereocenters. The summed E-state index contributed by atoms with van der Waals surface area (Å²) in [6, 6.07) is 6.03. The Labute approximate surface area is 211 Å². The zero-order valence-corrected chi connectivity index (χ0v) is 20.4. The van der Waals surface area contributed by atoms with Crippen molar-refractivity contribution in [3.05, 3.63) is 65.2 Å². The van der Waals surface area contributed by atoms with Crippen molar-refractivity contribution in [2.24, 2.45) is 11.3 Å². The minimum atomic E-state index is -4.75. The number of halogens is 4. The fourth-order valence-electron chi connectivity index (χ4n) is 5.20. The molecule has 2 fully saturated rings. The van der Waals surface area contributed by atoms with E-state index in [9.17, 15) is 31.9 Å². The van der Waals surface area contributed by atoms with Crippen molar-refractivity contribution in [3.8, 4) is 0 Å². The Morgan fingerprint density at radius 3 is 2.46 bits per heavy atom. The van der Waals surface area contributed by atoms with Gasteiger partial charge in [-0.25, -0.2) is 4.39 Å². The Hall–Kier alpha value is -3.50. The number of carbonyl (C=O) groups is 3. The van der Waals surface area contributed by atoms with E-state index in [4.69, 9.17) is 0 Å². The number of piperidine rings is 1. The molecule has 11 heteroatoms. The van der Waals surface area contributed by atoms with Crippen LogP contribution in [0.5, 0.6) is 0 Å². The molecule has 1 aromatic heterocycles. The molecule has 3 heterocycles. The van der Waals surface area contributed by atoms with Crippen LogP contribution in [0, 0.1) is 17.2 Å². The Kier molecular flexibility index (Phi) is 7.25. The van der Waals surface area contributed by atoms with Crippen molar-refractivity contribution in [1.29, 1.82) is 0 Å². The zero-order chi connectivity index (χ0) is 27.0. The molecule has 2 aliphatic rings. The predicted molar refractivity (Wildman–Crippen MR) is 126 cm³/mol. The second-order valence-electron chi connectivity index (χ2n) is 9.89. The van der Waals surface area contributed by atoms with Gasteiger partial charge < -0.3 is 15.5 Å². The number of aromatic nitrogens is 1. The smallest absolute Gasteiger partial charge is 0.355 e. The molecule has 0 aliphatic carbocycles. The fourth-order valence-corrected chi connectivity index (χ4v) is 5.20. The summed E-state index contributed by atoms with van der Waals surface area (Å²) in [6.45, 7) is 4.33. The number of nitrogens with zero attached hydrogens (tertiary/aromatic N) is 2. The van der Waals surface area contributed by atoms with Gasteiger partial charge in [0.15, 0.2) is 0 Å². The number of amides is 3. The summed E-state index contributed by atoms with van der Waals surface area (Å²) in [6.07, 6.45) is -2.29. The van der Waals surface area contributed by atoms with E-state index in [-0.39, 0.29) is 24.9 Å². The molecule has 7 nitrogen and oxygen atoms in total. The van der Waals surface area contributed by atoms with Crippen LogP contribution < -0.4 is 10.6 Å². The number of nitrogens with one attached hydrogen (secondary N) is 2. The Morgan fingerprint density at radius 2 is 1.86 bits per heavy atom. The molecule has 2 atom stereocenters. The maximum Gasteiger partial charge on any atom is 0.416 e. The Balaban J connectivity index is 1.48. The first kappa shape index (κ1) is 26.6. The topological polar surface area (TPSA) is 91.4 Å². The lowest BCUT2D eigenvalue weighted by molar-refractivity contribution is -0.141. The molecular weight excluding hydrogens is 492 g/mol. The van der Waals surface area contributed by atoms with Gasteiger partial charge in [0.05, 0.1) is 16.5 Å². The molecule has 0 saturated carbocycles. The summed E-state index contributed by atoms with van der Waals surface area (Å²) >= 11 is 0. The maximum atomic E-state index is 14.2. The van der Waals surface area contributed by atoms with Gasteiger partial charge in [-0.2, -0.15) is 13.2 Å². The molecule has 37 heavy (non-hydrogen) atoms. The number of benzene rings is 1. The first-order valence-electron chi connectivity index (χ1n) is 12.1. The molecule has 2 aromatic rings. The molecule has 2 N–H and O–H groups in total. The molecule has 3 amide bonds. The van der Waals surface area contributed by atoms with E-state index in [1.807, 2.05) is 12.1 Å². The lowest BCUT2D eigenvalue weighted by atomic mass is 9.69. The third-order valence-corrected chi connectivity index (χ3v) is 7.36. The molecule has 2 saturated heterocycles. The van der Waals surface area contributed by atoms with E-state index in [1.165, 1.54) is 0 Å². The predicted octanol–water partition coefficient (Wildman–Crippen LogP) is 3.52. The highest BCUT2D eigenvalue weighted by atomic mass is 19.4. The van der Waals surface area contributed by atoms with Gasteiger partial charge in [-0.15, -0.1) is 0 Å². The third kappa shape index (κ3) is 5.17. The minimum Gasteiger partial charge on any atom is -0.355 e. The number of hydrogen-bond donors (Lipinski definition) is 2. The normalized spacial score (nSPS) is 20.1. The minimum absolute atomic E-state index is 0.0796. The van der Waals surface area contributed by atoms with Gasteiger partial charge in [0.25, 0.3) is 5.91 Å². The van der Waals surface area contributed by atoms with E-state index >= 15 is 0 Å². The molecule has 0 bridgehead atoms. The van der Waals surface area contributed by atoms with Crippen LogP contribution in [0.15, 0.2) is 42.6 Å². The first-order chi connectivity index (χ1) is 17.4. The van der Waals surface area contributed by atoms with Crippen LogP contribution in [-0.4, -0.2) is 53.3 Å². The highest BCUT2D eigenvalue weighted by molar-refractivity contribution is 5.98. The largest absolute Gasteiger partial charge is 0.416 e. The number of hydrogen-bond acceptors (Lipinski definition) is 4. The zero-order valence-electron chi connectivity index (χ0n) is 20.4. The molecular formula is C26H28F4N4O3. The van der Waals surface area contributed by atoms with E-state index in [0.29, 0.717) is 37.6 Å². The molecule has 1 spiro atoms. The molecule has 2 aliphatic heterocycles. The third-order valence-electron chi connectivity index (χ3n) is 7.36. The van der Waals surface area contributed by atoms with Crippen LogP contribution in [0.2, 0.25) is 0 Å². The van der Waals surface area contributed by atoms with Crippen LogP contribution in [0.25, 0.3) is 0 Å². The monoisotopic (exact) mass is 520 g/mol. The van der Waals surface area contributed by atoms with Crippen LogP contribution in [0.1, 0.15) is 54.2 Å². The van der Waals surface area contributed by atoms with Gasteiger partial charge in [0, 0.05) is 37.4 Å². The number of carbonyl (C=O) groups excluding carboxylic acids is 3. The number of rotatable bonds is 5. The molecule has 198 valence electrons. The highest BCUT2D eigenvalue weighted by Crippen LogP contribution is 2.47. The van der Waals surface area contributed by atoms with Gasteiger partial charge in [0.2, 0.25) is 11.8 Å². The van der Waals surface area contributed by atoms with Crippen LogP contribution in [0.4, 0.5) is 17.6 Å². The summed E-state index contributed by atoms with van der Waals surface area (Å²) in [7, 11) is 0. The second kappa shape index (κ2) is 10.1. The summed E-state index contributed by atoms with van der Waals surface area (Å²) in [5.74, 6) is -3.29. The van der Waals surface area contributed by atoms with Gasteiger partial charge >= 0.3 is 6.18 Å².